The maximum atomic E-state index is 12.1. The van der Waals surface area contributed by atoms with Crippen molar-refractivity contribution in [3.63, 3.8) is 0 Å². The second-order valence-electron chi connectivity index (χ2n) is 1.26. The molecule has 0 aliphatic heterocycles. The molecule has 0 nitrogen and oxygen atoms in total. The largest absolute Gasteiger partial charge is 0.232 e. The Morgan fingerprint density at radius 1 is 1.71 bits per heavy atom. The summed E-state index contributed by atoms with van der Waals surface area (Å²) in [5, 5.41) is 0. The average molecular weight is 332 g/mol. The van der Waals surface area contributed by atoms with E-state index in [0.29, 0.717) is 0 Å². The van der Waals surface area contributed by atoms with Crippen molar-refractivity contribution >= 4 is 45.2 Å². The molecule has 0 aromatic heterocycles. The van der Waals surface area contributed by atoms with Gasteiger partial charge in [0.25, 0.3) is 0 Å². The Morgan fingerprint density at radius 2 is 1.86 bits per heavy atom. The highest BCUT2D eigenvalue weighted by Gasteiger charge is 2.27. The fourth-order valence-corrected chi connectivity index (χ4v) is 0. The molecule has 0 fully saturated rings. The van der Waals surface area contributed by atoms with Crippen molar-refractivity contribution in [3.05, 3.63) is 0 Å². The van der Waals surface area contributed by atoms with Gasteiger partial charge in [-0.15, -0.1) is 0 Å². The first-order chi connectivity index (χ1) is 2.94. The maximum absolute atomic E-state index is 12.1. The summed E-state index contributed by atoms with van der Waals surface area (Å²) in [6.45, 7) is 1.20. The smallest absolute Gasteiger partial charge is 0.198 e. The zero-order valence-electron chi connectivity index (χ0n) is 3.59. The molecule has 4 heteroatoms. The molecule has 0 amide bonds. The van der Waals surface area contributed by atoms with Crippen LogP contribution in [0.4, 0.5) is 8.78 Å². The van der Waals surface area contributed by atoms with Crippen LogP contribution in [0.5, 0.6) is 0 Å². The van der Waals surface area contributed by atoms with E-state index in [2.05, 4.69) is 0 Å². The zero-order valence-corrected chi connectivity index (χ0v) is 7.90. The summed E-state index contributed by atoms with van der Waals surface area (Å²) in [4.78, 5) is 0. The van der Waals surface area contributed by atoms with Crippen LogP contribution in [0.3, 0.4) is 0 Å². The van der Waals surface area contributed by atoms with Crippen LogP contribution in [0.2, 0.25) is 0 Å². The second-order valence-corrected chi connectivity index (χ2v) is 4.46. The lowest BCUT2D eigenvalue weighted by atomic mass is 10.5. The lowest BCUT2D eigenvalue weighted by Gasteiger charge is -2.09. The Labute approximate surface area is 68.3 Å². The lowest BCUT2D eigenvalue weighted by molar-refractivity contribution is 0.249. The van der Waals surface area contributed by atoms with Crippen molar-refractivity contribution < 1.29 is 8.78 Å². The van der Waals surface area contributed by atoms with Gasteiger partial charge in [0.1, 0.15) is 0 Å². The highest BCUT2D eigenvalue weighted by atomic mass is 127. The molecule has 0 heterocycles. The van der Waals surface area contributed by atoms with Gasteiger partial charge in [-0.1, -0.05) is 0 Å². The van der Waals surface area contributed by atoms with Crippen LogP contribution in [-0.2, 0) is 0 Å². The van der Waals surface area contributed by atoms with E-state index < -0.39 is 7.85 Å². The van der Waals surface area contributed by atoms with Gasteiger partial charge in [0, 0.05) is 0 Å². The van der Waals surface area contributed by atoms with E-state index in [4.69, 9.17) is 0 Å². The summed E-state index contributed by atoms with van der Waals surface area (Å²) in [5.74, 6) is 0. The maximum Gasteiger partial charge on any atom is 0.198 e. The van der Waals surface area contributed by atoms with E-state index in [1.807, 2.05) is 0 Å². The van der Waals surface area contributed by atoms with Gasteiger partial charge in [0.05, 0.1) is 0 Å². The lowest BCUT2D eigenvalue weighted by Crippen LogP contribution is -2.16. The average Bonchev–Trinajstić information content (AvgIpc) is 1.31. The number of hydrogen-bond acceptors (Lipinski definition) is 0. The van der Waals surface area contributed by atoms with Crippen molar-refractivity contribution in [2.45, 2.75) is 14.8 Å². The molecule has 0 aromatic carbocycles. The van der Waals surface area contributed by atoms with Crippen LogP contribution >= 0.6 is 45.2 Å². The first-order valence-corrected chi connectivity index (χ1v) is 3.93. The summed E-state index contributed by atoms with van der Waals surface area (Å²) in [6, 6.07) is 0. The topological polar surface area (TPSA) is 0 Å². The summed E-state index contributed by atoms with van der Waals surface area (Å²) in [7, 11) is 0. The molecule has 0 rings (SSSR count). The van der Waals surface area contributed by atoms with Crippen molar-refractivity contribution in [1.29, 1.82) is 0 Å². The number of hydrogen-bond donors (Lipinski definition) is 0. The quantitative estimate of drug-likeness (QED) is 0.512. The first kappa shape index (κ1) is 8.32. The summed E-state index contributed by atoms with van der Waals surface area (Å²) in [5.41, 5.74) is 0. The summed E-state index contributed by atoms with van der Waals surface area (Å²) in [6.07, 6.45) is 0. The van der Waals surface area contributed by atoms with Crippen LogP contribution in [0.25, 0.3) is 0 Å². The van der Waals surface area contributed by atoms with Crippen molar-refractivity contribution in [2.24, 2.45) is 0 Å². The zero-order chi connectivity index (χ0) is 6.08. The van der Waals surface area contributed by atoms with E-state index in [0.717, 1.165) is 0 Å². The molecule has 0 radical (unpaired) electrons. The molecule has 7 heavy (non-hydrogen) atoms. The third-order valence-electron chi connectivity index (χ3n) is 0.383. The van der Waals surface area contributed by atoms with E-state index in [1.165, 1.54) is 52.1 Å². The fraction of sp³-hybridized carbons (Fsp3) is 1.00. The number of alkyl halides is 4. The predicted molar refractivity (Wildman–Crippen MR) is 42.4 cm³/mol. The van der Waals surface area contributed by atoms with Gasteiger partial charge < -0.3 is 0 Å². The molecule has 0 aliphatic carbocycles. The molecular formula is C3H4F2I2. The third kappa shape index (κ3) is 3.87. The Morgan fingerprint density at radius 3 is 1.86 bits per heavy atom. The van der Waals surface area contributed by atoms with Crippen LogP contribution in [0.1, 0.15) is 6.92 Å². The van der Waals surface area contributed by atoms with E-state index >= 15 is 0 Å². The highest BCUT2D eigenvalue weighted by molar-refractivity contribution is 14.1. The molecule has 0 saturated carbocycles. The minimum Gasteiger partial charge on any atom is -0.232 e. The predicted octanol–water partition coefficient (Wildman–Crippen LogP) is 2.84. The van der Waals surface area contributed by atoms with Crippen LogP contribution < -0.4 is 0 Å². The Hall–Kier alpha value is 1.32. The SMILES string of the molecule is CC(F)(I)C(F)I. The Bertz CT molecular complexity index is 56.4. The third-order valence-corrected chi connectivity index (χ3v) is 3.29. The first-order valence-electron chi connectivity index (χ1n) is 1.60. The fourth-order valence-electron chi connectivity index (χ4n) is 0. The van der Waals surface area contributed by atoms with Crippen LogP contribution in [0.15, 0.2) is 0 Å². The molecule has 0 aromatic rings. The molecular weight excluding hydrogens is 328 g/mol. The molecule has 2 unspecified atom stereocenters. The van der Waals surface area contributed by atoms with Crippen molar-refractivity contribution in [3.8, 4) is 0 Å². The molecule has 2 atom stereocenters. The molecule has 0 N–H and O–H groups in total. The summed E-state index contributed by atoms with van der Waals surface area (Å²) >= 11 is 2.82. The molecule has 0 aliphatic rings. The van der Waals surface area contributed by atoms with Gasteiger partial charge in [-0.25, -0.2) is 8.78 Å². The van der Waals surface area contributed by atoms with Gasteiger partial charge in [-0.2, -0.15) is 0 Å². The van der Waals surface area contributed by atoms with Gasteiger partial charge in [-0.3, -0.25) is 0 Å². The minimum atomic E-state index is -1.71. The number of rotatable bonds is 1. The molecule has 0 saturated heterocycles. The van der Waals surface area contributed by atoms with Gasteiger partial charge in [0.2, 0.25) is 0 Å². The van der Waals surface area contributed by atoms with Crippen molar-refractivity contribution in [1.82, 2.24) is 0 Å². The number of halogens is 4. The Balaban J connectivity index is 3.54. The van der Waals surface area contributed by atoms with Crippen LogP contribution in [0, 0.1) is 0 Å². The minimum absolute atomic E-state index is 1.20. The monoisotopic (exact) mass is 332 g/mol. The van der Waals surface area contributed by atoms with Gasteiger partial charge in [0.15, 0.2) is 7.85 Å². The summed E-state index contributed by atoms with van der Waals surface area (Å²) < 4.78 is 20.8. The van der Waals surface area contributed by atoms with E-state index in [1.54, 1.807) is 0 Å². The van der Waals surface area contributed by atoms with Gasteiger partial charge in [-0.05, 0) is 52.1 Å². The molecule has 0 bridgehead atoms. The van der Waals surface area contributed by atoms with Gasteiger partial charge >= 0.3 is 0 Å². The molecule has 44 valence electrons. The van der Waals surface area contributed by atoms with Crippen LogP contribution in [-0.4, -0.2) is 7.85 Å². The second kappa shape index (κ2) is 2.75. The van der Waals surface area contributed by atoms with E-state index in [9.17, 15) is 8.78 Å². The Kier molecular flexibility index (Phi) is 3.26. The normalized spacial score (nSPS) is 23.6. The van der Waals surface area contributed by atoms with E-state index in [-0.39, 0.29) is 0 Å². The molecule has 0 spiro atoms. The van der Waals surface area contributed by atoms with Crippen molar-refractivity contribution in [2.75, 3.05) is 0 Å². The standard InChI is InChI=1S/C3H4F2I2/c1-3(5,7)2(4)6/h2H,1H3. The highest BCUT2D eigenvalue weighted by Crippen LogP contribution is 2.30.